The standard InChI is InChI=1S/C8H22N2Si/c1-4-11(5-2,6-3)8(10)7-9/h8H,4-7,9-10H2,1-3H3. The van der Waals surface area contributed by atoms with Gasteiger partial charge in [-0.1, -0.05) is 38.9 Å². The summed E-state index contributed by atoms with van der Waals surface area (Å²) in [4.78, 5) is 0. The number of rotatable bonds is 5. The van der Waals surface area contributed by atoms with Gasteiger partial charge in [0.25, 0.3) is 0 Å². The van der Waals surface area contributed by atoms with Crippen LogP contribution in [0, 0.1) is 0 Å². The van der Waals surface area contributed by atoms with Crippen molar-refractivity contribution in [2.24, 2.45) is 11.5 Å². The molecule has 0 aromatic carbocycles. The van der Waals surface area contributed by atoms with Crippen molar-refractivity contribution in [3.63, 3.8) is 0 Å². The lowest BCUT2D eigenvalue weighted by atomic mass is 10.7. The summed E-state index contributed by atoms with van der Waals surface area (Å²) in [7, 11) is -1.17. The Morgan fingerprint density at radius 2 is 1.45 bits per heavy atom. The van der Waals surface area contributed by atoms with Gasteiger partial charge in [-0.15, -0.1) is 0 Å². The Morgan fingerprint density at radius 1 is 1.09 bits per heavy atom. The first kappa shape index (κ1) is 11.1. The van der Waals surface area contributed by atoms with Crippen LogP contribution in [0.2, 0.25) is 18.1 Å². The highest BCUT2D eigenvalue weighted by molar-refractivity contribution is 6.81. The highest BCUT2D eigenvalue weighted by atomic mass is 28.3. The monoisotopic (exact) mass is 174 g/mol. The molecule has 0 saturated heterocycles. The minimum Gasteiger partial charge on any atom is -0.329 e. The number of hydrogen-bond acceptors (Lipinski definition) is 2. The van der Waals surface area contributed by atoms with Crippen molar-refractivity contribution in [3.05, 3.63) is 0 Å². The molecule has 1 unspecified atom stereocenters. The van der Waals surface area contributed by atoms with Crippen molar-refractivity contribution in [3.8, 4) is 0 Å². The molecule has 0 radical (unpaired) electrons. The van der Waals surface area contributed by atoms with Crippen LogP contribution >= 0.6 is 0 Å². The predicted octanol–water partition coefficient (Wildman–Crippen LogP) is 1.32. The van der Waals surface area contributed by atoms with Gasteiger partial charge in [0, 0.05) is 12.2 Å². The lowest BCUT2D eigenvalue weighted by Gasteiger charge is -2.33. The molecule has 0 aromatic rings. The summed E-state index contributed by atoms with van der Waals surface area (Å²) in [5.41, 5.74) is 11.9. The van der Waals surface area contributed by atoms with Crippen LogP contribution < -0.4 is 11.5 Å². The summed E-state index contributed by atoms with van der Waals surface area (Å²) in [6.45, 7) is 7.44. The zero-order chi connectivity index (χ0) is 8.91. The fourth-order valence-corrected chi connectivity index (χ4v) is 5.36. The highest BCUT2D eigenvalue weighted by Crippen LogP contribution is 2.22. The molecule has 0 aliphatic carbocycles. The molecule has 0 fully saturated rings. The summed E-state index contributed by atoms with van der Waals surface area (Å²) >= 11 is 0. The average Bonchev–Trinajstić information content (AvgIpc) is 2.08. The normalized spacial score (nSPS) is 15.0. The maximum absolute atomic E-state index is 6.02. The van der Waals surface area contributed by atoms with Gasteiger partial charge in [0.05, 0.1) is 8.07 Å². The fraction of sp³-hybridized carbons (Fsp3) is 1.00. The molecular formula is C8H22N2Si. The maximum Gasteiger partial charge on any atom is 0.0731 e. The van der Waals surface area contributed by atoms with E-state index in [1.54, 1.807) is 0 Å². The van der Waals surface area contributed by atoms with E-state index in [1.165, 1.54) is 18.1 Å². The minimum absolute atomic E-state index is 0.308. The van der Waals surface area contributed by atoms with Crippen molar-refractivity contribution in [2.45, 2.75) is 44.6 Å². The fourth-order valence-electron chi connectivity index (χ4n) is 1.79. The van der Waals surface area contributed by atoms with Gasteiger partial charge >= 0.3 is 0 Å². The second-order valence-electron chi connectivity index (χ2n) is 3.27. The van der Waals surface area contributed by atoms with Gasteiger partial charge in [0.2, 0.25) is 0 Å². The Balaban J connectivity index is 4.26. The predicted molar refractivity (Wildman–Crippen MR) is 54.2 cm³/mol. The molecule has 68 valence electrons. The highest BCUT2D eigenvalue weighted by Gasteiger charge is 2.32. The van der Waals surface area contributed by atoms with Crippen LogP contribution in [-0.4, -0.2) is 20.3 Å². The van der Waals surface area contributed by atoms with Gasteiger partial charge in [-0.3, -0.25) is 0 Å². The Bertz CT molecular complexity index is 94.0. The van der Waals surface area contributed by atoms with E-state index in [1.807, 2.05) is 0 Å². The Kier molecular flexibility index (Phi) is 4.96. The Labute approximate surface area is 71.4 Å². The Hall–Kier alpha value is 0.137. The topological polar surface area (TPSA) is 52.0 Å². The van der Waals surface area contributed by atoms with E-state index in [-0.39, 0.29) is 0 Å². The van der Waals surface area contributed by atoms with Crippen molar-refractivity contribution in [2.75, 3.05) is 6.54 Å². The van der Waals surface area contributed by atoms with E-state index >= 15 is 0 Å². The maximum atomic E-state index is 6.02. The van der Waals surface area contributed by atoms with E-state index in [9.17, 15) is 0 Å². The van der Waals surface area contributed by atoms with Gasteiger partial charge in [0.15, 0.2) is 0 Å². The summed E-state index contributed by atoms with van der Waals surface area (Å²) < 4.78 is 0. The van der Waals surface area contributed by atoms with Gasteiger partial charge in [-0.2, -0.15) is 0 Å². The lowest BCUT2D eigenvalue weighted by Crippen LogP contribution is -2.55. The van der Waals surface area contributed by atoms with Crippen LogP contribution in [-0.2, 0) is 0 Å². The first-order valence-electron chi connectivity index (χ1n) is 4.62. The molecule has 0 rings (SSSR count). The first-order chi connectivity index (χ1) is 5.16. The van der Waals surface area contributed by atoms with Crippen LogP contribution in [0.1, 0.15) is 20.8 Å². The summed E-state index contributed by atoms with van der Waals surface area (Å²) in [5.74, 6) is 0. The van der Waals surface area contributed by atoms with E-state index < -0.39 is 8.07 Å². The first-order valence-corrected chi connectivity index (χ1v) is 7.32. The zero-order valence-electron chi connectivity index (χ0n) is 8.06. The van der Waals surface area contributed by atoms with Crippen LogP contribution in [0.25, 0.3) is 0 Å². The smallest absolute Gasteiger partial charge is 0.0731 e. The van der Waals surface area contributed by atoms with Gasteiger partial charge in [-0.05, 0) is 0 Å². The van der Waals surface area contributed by atoms with Crippen LogP contribution in [0.15, 0.2) is 0 Å². The molecule has 3 heteroatoms. The number of hydrogen-bond donors (Lipinski definition) is 2. The Morgan fingerprint density at radius 3 is 1.55 bits per heavy atom. The quantitative estimate of drug-likeness (QED) is 0.618. The zero-order valence-corrected chi connectivity index (χ0v) is 9.06. The SMILES string of the molecule is CC[Si](CC)(CC)C(N)CN. The molecule has 11 heavy (non-hydrogen) atoms. The van der Waals surface area contributed by atoms with Gasteiger partial charge < -0.3 is 11.5 Å². The molecule has 0 aliphatic rings. The minimum atomic E-state index is -1.17. The molecule has 1 atom stereocenters. The average molecular weight is 174 g/mol. The largest absolute Gasteiger partial charge is 0.329 e. The van der Waals surface area contributed by atoms with Crippen molar-refractivity contribution in [1.82, 2.24) is 0 Å². The van der Waals surface area contributed by atoms with Gasteiger partial charge in [0.1, 0.15) is 0 Å². The molecule has 0 amide bonds. The molecule has 0 saturated carbocycles. The van der Waals surface area contributed by atoms with E-state index in [2.05, 4.69) is 20.8 Å². The van der Waals surface area contributed by atoms with Gasteiger partial charge in [-0.25, -0.2) is 0 Å². The van der Waals surface area contributed by atoms with Crippen LogP contribution in [0.3, 0.4) is 0 Å². The second kappa shape index (κ2) is 4.90. The lowest BCUT2D eigenvalue weighted by molar-refractivity contribution is 0.829. The van der Waals surface area contributed by atoms with Crippen molar-refractivity contribution in [1.29, 1.82) is 0 Å². The molecule has 0 aliphatic heterocycles. The summed E-state index contributed by atoms with van der Waals surface area (Å²) in [5, 5.41) is 0. The second-order valence-corrected chi connectivity index (χ2v) is 8.85. The van der Waals surface area contributed by atoms with E-state index in [4.69, 9.17) is 11.5 Å². The summed E-state index contributed by atoms with van der Waals surface area (Å²) in [6, 6.07) is 3.83. The van der Waals surface area contributed by atoms with Crippen molar-refractivity contribution >= 4 is 8.07 Å². The molecule has 2 nitrogen and oxygen atoms in total. The molecule has 0 bridgehead atoms. The van der Waals surface area contributed by atoms with Crippen molar-refractivity contribution < 1.29 is 0 Å². The van der Waals surface area contributed by atoms with Crippen LogP contribution in [0.4, 0.5) is 0 Å². The third kappa shape index (κ3) is 2.29. The third-order valence-electron chi connectivity index (χ3n) is 3.15. The summed E-state index contributed by atoms with van der Waals surface area (Å²) in [6.07, 6.45) is 0. The van der Waals surface area contributed by atoms with Crippen LogP contribution in [0.5, 0.6) is 0 Å². The molecular weight excluding hydrogens is 152 g/mol. The van der Waals surface area contributed by atoms with E-state index in [0.29, 0.717) is 12.2 Å². The molecule has 4 N–H and O–H groups in total. The third-order valence-corrected chi connectivity index (χ3v) is 9.19. The number of nitrogens with two attached hydrogens (primary N) is 2. The molecule has 0 aromatic heterocycles. The van der Waals surface area contributed by atoms with E-state index in [0.717, 1.165) is 0 Å². The molecule has 0 heterocycles. The molecule has 0 spiro atoms.